The summed E-state index contributed by atoms with van der Waals surface area (Å²) in [6, 6.07) is 0.525. The van der Waals surface area contributed by atoms with E-state index in [4.69, 9.17) is 0 Å². The molecule has 1 aliphatic heterocycles. The molecular weight excluding hydrogens is 236 g/mol. The first-order valence-corrected chi connectivity index (χ1v) is 8.30. The molecule has 1 unspecified atom stereocenters. The Morgan fingerprint density at radius 2 is 1.95 bits per heavy atom. The molecule has 1 heterocycles. The monoisotopic (exact) mass is 266 g/mol. The molecule has 0 aromatic heterocycles. The molecule has 19 heavy (non-hydrogen) atoms. The van der Waals surface area contributed by atoms with Gasteiger partial charge in [0.05, 0.1) is 0 Å². The molecule has 0 aromatic carbocycles. The Labute approximate surface area is 118 Å². The van der Waals surface area contributed by atoms with Crippen LogP contribution in [0.3, 0.4) is 0 Å². The van der Waals surface area contributed by atoms with Crippen molar-refractivity contribution in [1.82, 2.24) is 10.2 Å². The Hall–Kier alpha value is -0.570. The number of hydrogen-bond acceptors (Lipinski definition) is 2. The van der Waals surface area contributed by atoms with Gasteiger partial charge >= 0.3 is 0 Å². The standard InChI is InChI=1S/C16H30N2O/c1-2-17-15-9-6-12-18(13-15)16(19)11-10-14-7-4-3-5-8-14/h14-15,17H,2-13H2,1H3. The maximum Gasteiger partial charge on any atom is 0.222 e. The normalized spacial score (nSPS) is 25.5. The highest BCUT2D eigenvalue weighted by Crippen LogP contribution is 2.27. The first kappa shape index (κ1) is 14.8. The number of piperidine rings is 1. The summed E-state index contributed by atoms with van der Waals surface area (Å²) >= 11 is 0. The van der Waals surface area contributed by atoms with Crippen molar-refractivity contribution in [2.75, 3.05) is 19.6 Å². The van der Waals surface area contributed by atoms with Gasteiger partial charge in [0.25, 0.3) is 0 Å². The van der Waals surface area contributed by atoms with Gasteiger partial charge in [-0.25, -0.2) is 0 Å². The summed E-state index contributed by atoms with van der Waals surface area (Å²) in [5.41, 5.74) is 0. The number of likely N-dealkylation sites (N-methyl/N-ethyl adjacent to an activating group) is 1. The van der Waals surface area contributed by atoms with Crippen LogP contribution >= 0.6 is 0 Å². The van der Waals surface area contributed by atoms with Crippen molar-refractivity contribution in [3.05, 3.63) is 0 Å². The molecule has 110 valence electrons. The third-order valence-corrected chi connectivity index (χ3v) is 4.76. The predicted molar refractivity (Wildman–Crippen MR) is 79.1 cm³/mol. The molecule has 1 N–H and O–H groups in total. The van der Waals surface area contributed by atoms with Gasteiger partial charge in [0.2, 0.25) is 5.91 Å². The van der Waals surface area contributed by atoms with E-state index < -0.39 is 0 Å². The molecule has 3 nitrogen and oxygen atoms in total. The first-order chi connectivity index (χ1) is 9.29. The van der Waals surface area contributed by atoms with Crippen LogP contribution in [0.2, 0.25) is 0 Å². The van der Waals surface area contributed by atoms with Crippen LogP contribution in [0.15, 0.2) is 0 Å². The van der Waals surface area contributed by atoms with E-state index in [0.717, 1.165) is 44.8 Å². The summed E-state index contributed by atoms with van der Waals surface area (Å²) < 4.78 is 0. The van der Waals surface area contributed by atoms with Crippen LogP contribution in [-0.2, 0) is 4.79 Å². The Morgan fingerprint density at radius 1 is 1.16 bits per heavy atom. The van der Waals surface area contributed by atoms with Crippen molar-refractivity contribution in [2.24, 2.45) is 5.92 Å². The highest BCUT2D eigenvalue weighted by Gasteiger charge is 2.23. The van der Waals surface area contributed by atoms with Gasteiger partial charge in [0.15, 0.2) is 0 Å². The van der Waals surface area contributed by atoms with E-state index >= 15 is 0 Å². The second kappa shape index (κ2) is 7.88. The van der Waals surface area contributed by atoms with E-state index in [-0.39, 0.29) is 0 Å². The van der Waals surface area contributed by atoms with Gasteiger partial charge < -0.3 is 10.2 Å². The van der Waals surface area contributed by atoms with Crippen molar-refractivity contribution >= 4 is 5.91 Å². The topological polar surface area (TPSA) is 32.3 Å². The third kappa shape index (κ3) is 4.79. The molecule has 1 saturated carbocycles. The molecule has 0 aromatic rings. The third-order valence-electron chi connectivity index (χ3n) is 4.76. The van der Waals surface area contributed by atoms with Crippen LogP contribution in [0.25, 0.3) is 0 Å². The second-order valence-corrected chi connectivity index (χ2v) is 6.28. The molecule has 1 atom stereocenters. The van der Waals surface area contributed by atoms with Crippen LogP contribution < -0.4 is 5.32 Å². The quantitative estimate of drug-likeness (QED) is 0.830. The van der Waals surface area contributed by atoms with Gasteiger partial charge in [-0.05, 0) is 31.7 Å². The van der Waals surface area contributed by atoms with Crippen molar-refractivity contribution in [3.8, 4) is 0 Å². The maximum absolute atomic E-state index is 12.3. The largest absolute Gasteiger partial charge is 0.341 e. The first-order valence-electron chi connectivity index (χ1n) is 8.30. The number of nitrogens with one attached hydrogen (secondary N) is 1. The Balaban J connectivity index is 1.69. The van der Waals surface area contributed by atoms with Gasteiger partial charge in [-0.1, -0.05) is 39.0 Å². The summed E-state index contributed by atoms with van der Waals surface area (Å²) in [5.74, 6) is 1.22. The van der Waals surface area contributed by atoms with E-state index in [1.54, 1.807) is 0 Å². The van der Waals surface area contributed by atoms with Gasteiger partial charge in [-0.3, -0.25) is 4.79 Å². The van der Waals surface area contributed by atoms with E-state index in [1.807, 2.05) is 0 Å². The molecule has 1 amide bonds. The lowest BCUT2D eigenvalue weighted by Gasteiger charge is -2.33. The van der Waals surface area contributed by atoms with E-state index in [9.17, 15) is 4.79 Å². The van der Waals surface area contributed by atoms with Crippen LogP contribution in [-0.4, -0.2) is 36.5 Å². The number of hydrogen-bond donors (Lipinski definition) is 1. The zero-order valence-electron chi connectivity index (χ0n) is 12.5. The number of nitrogens with zero attached hydrogens (tertiary/aromatic N) is 1. The lowest BCUT2D eigenvalue weighted by molar-refractivity contribution is -0.132. The number of likely N-dealkylation sites (tertiary alicyclic amines) is 1. The summed E-state index contributed by atoms with van der Waals surface area (Å²) in [5, 5.41) is 3.48. The minimum Gasteiger partial charge on any atom is -0.341 e. The van der Waals surface area contributed by atoms with Gasteiger partial charge in [-0.15, -0.1) is 0 Å². The van der Waals surface area contributed by atoms with Gasteiger partial charge in [0, 0.05) is 25.6 Å². The van der Waals surface area contributed by atoms with Gasteiger partial charge in [0.1, 0.15) is 0 Å². The number of carbonyl (C=O) groups is 1. The predicted octanol–water partition coefficient (Wildman–Crippen LogP) is 2.95. The average molecular weight is 266 g/mol. The minimum absolute atomic E-state index is 0.396. The van der Waals surface area contributed by atoms with Crippen molar-refractivity contribution in [2.45, 2.75) is 70.8 Å². The highest BCUT2D eigenvalue weighted by molar-refractivity contribution is 5.76. The number of amides is 1. The SMILES string of the molecule is CCNC1CCCN(C(=O)CCC2CCCCC2)C1. The molecule has 1 saturated heterocycles. The van der Waals surface area contributed by atoms with Crippen LogP contribution in [0.5, 0.6) is 0 Å². The fourth-order valence-corrected chi connectivity index (χ4v) is 3.62. The Bertz CT molecular complexity index is 272. The Kier molecular flexibility index (Phi) is 6.15. The summed E-state index contributed by atoms with van der Waals surface area (Å²) in [6.45, 7) is 5.06. The smallest absolute Gasteiger partial charge is 0.222 e. The van der Waals surface area contributed by atoms with Crippen molar-refractivity contribution in [1.29, 1.82) is 0 Å². The fourth-order valence-electron chi connectivity index (χ4n) is 3.62. The zero-order valence-corrected chi connectivity index (χ0v) is 12.5. The van der Waals surface area contributed by atoms with E-state index in [1.165, 1.54) is 38.5 Å². The molecule has 2 aliphatic rings. The number of rotatable bonds is 5. The molecule has 3 heteroatoms. The lowest BCUT2D eigenvalue weighted by Crippen LogP contribution is -2.47. The van der Waals surface area contributed by atoms with Crippen LogP contribution in [0.4, 0.5) is 0 Å². The van der Waals surface area contributed by atoms with E-state index in [2.05, 4.69) is 17.1 Å². The molecule has 0 spiro atoms. The van der Waals surface area contributed by atoms with Gasteiger partial charge in [-0.2, -0.15) is 0 Å². The van der Waals surface area contributed by atoms with E-state index in [0.29, 0.717) is 11.9 Å². The van der Waals surface area contributed by atoms with Crippen LogP contribution in [0.1, 0.15) is 64.7 Å². The van der Waals surface area contributed by atoms with Crippen LogP contribution in [0, 0.1) is 5.92 Å². The Morgan fingerprint density at radius 3 is 2.68 bits per heavy atom. The summed E-state index contributed by atoms with van der Waals surface area (Å²) in [7, 11) is 0. The second-order valence-electron chi connectivity index (χ2n) is 6.28. The zero-order chi connectivity index (χ0) is 13.5. The number of carbonyl (C=O) groups excluding carboxylic acids is 1. The molecule has 0 bridgehead atoms. The molecular formula is C16H30N2O. The molecule has 2 rings (SSSR count). The minimum atomic E-state index is 0.396. The summed E-state index contributed by atoms with van der Waals surface area (Å²) in [4.78, 5) is 14.4. The maximum atomic E-state index is 12.3. The highest BCUT2D eigenvalue weighted by atomic mass is 16.2. The lowest BCUT2D eigenvalue weighted by atomic mass is 9.86. The molecule has 2 fully saturated rings. The van der Waals surface area contributed by atoms with Crippen molar-refractivity contribution < 1.29 is 4.79 Å². The fraction of sp³-hybridized carbons (Fsp3) is 0.938. The van der Waals surface area contributed by atoms with Crippen molar-refractivity contribution in [3.63, 3.8) is 0 Å². The average Bonchev–Trinajstić information content (AvgIpc) is 2.46. The molecule has 0 radical (unpaired) electrons. The molecule has 1 aliphatic carbocycles. The summed E-state index contributed by atoms with van der Waals surface area (Å²) in [6.07, 6.45) is 11.2.